The first kappa shape index (κ1) is 30.3. The van der Waals surface area contributed by atoms with Gasteiger partial charge in [-0.1, -0.05) is 45.2 Å². The zero-order chi connectivity index (χ0) is 31.5. The van der Waals surface area contributed by atoms with Gasteiger partial charge in [-0.05, 0) is 48.7 Å². The van der Waals surface area contributed by atoms with E-state index in [1.165, 1.54) is 18.6 Å². The third kappa shape index (κ3) is 6.15. The Morgan fingerprint density at radius 2 is 1.84 bits per heavy atom. The maximum Gasteiger partial charge on any atom is 0.229 e. The standard InChI is InChI=1S/C32H32N6O4.C3H8/c1-19(39)25-16-21-18-34-32(36-31(21)38(25)23-7-2-3-8-23)35-22-6-4-5-20(15-22)24-9-10-26(40)29-27(41)17-28(42-30(24)29)37-13-11-33-12-14-37;1-3-2/h4-6,9-10,15-18,23,33,40H,2-3,7-8,11-14H2,1H3,(H,34,35,36);3H2,1-2H3. The van der Waals surface area contributed by atoms with Gasteiger partial charge in [0, 0.05) is 68.0 Å². The summed E-state index contributed by atoms with van der Waals surface area (Å²) >= 11 is 0. The number of phenols is 1. The smallest absolute Gasteiger partial charge is 0.229 e. The molecule has 5 aromatic rings. The third-order valence-corrected chi connectivity index (χ3v) is 8.33. The number of anilines is 3. The van der Waals surface area contributed by atoms with E-state index in [9.17, 15) is 14.7 Å². The van der Waals surface area contributed by atoms with Crippen molar-refractivity contribution in [1.29, 1.82) is 0 Å². The number of aromatic hydroxyl groups is 1. The molecule has 2 aliphatic rings. The van der Waals surface area contributed by atoms with E-state index in [1.807, 2.05) is 35.2 Å². The summed E-state index contributed by atoms with van der Waals surface area (Å²) in [7, 11) is 0. The molecule has 2 fully saturated rings. The Balaban J connectivity index is 0.00000115. The first-order valence-corrected chi connectivity index (χ1v) is 15.9. The van der Waals surface area contributed by atoms with Crippen molar-refractivity contribution in [2.24, 2.45) is 0 Å². The van der Waals surface area contributed by atoms with E-state index in [2.05, 4.69) is 34.0 Å². The summed E-state index contributed by atoms with van der Waals surface area (Å²) in [4.78, 5) is 37.0. The number of carbonyl (C=O) groups excluding carboxylic acids is 1. The molecule has 10 nitrogen and oxygen atoms in total. The molecule has 234 valence electrons. The van der Waals surface area contributed by atoms with Gasteiger partial charge < -0.3 is 29.6 Å². The number of nitrogens with one attached hydrogen (secondary N) is 2. The number of rotatable bonds is 6. The van der Waals surface area contributed by atoms with Gasteiger partial charge in [-0.25, -0.2) is 4.98 Å². The van der Waals surface area contributed by atoms with Crippen LogP contribution in [0.15, 0.2) is 63.9 Å². The number of fused-ring (bicyclic) bond motifs is 2. The molecule has 0 unspecified atom stereocenters. The van der Waals surface area contributed by atoms with Crippen molar-refractivity contribution in [3.63, 3.8) is 0 Å². The third-order valence-electron chi connectivity index (χ3n) is 8.33. The van der Waals surface area contributed by atoms with Crippen molar-refractivity contribution in [2.75, 3.05) is 36.4 Å². The molecule has 0 bridgehead atoms. The second kappa shape index (κ2) is 13.1. The van der Waals surface area contributed by atoms with Crippen LogP contribution in [0.25, 0.3) is 33.1 Å². The van der Waals surface area contributed by atoms with Crippen molar-refractivity contribution in [3.05, 3.63) is 70.6 Å². The highest BCUT2D eigenvalue weighted by atomic mass is 16.4. The van der Waals surface area contributed by atoms with Crippen LogP contribution in [0.5, 0.6) is 5.75 Å². The molecule has 3 aromatic heterocycles. The SMILES string of the molecule is CC(=O)c1cc2cnc(Nc3cccc(-c4ccc(O)c5c(=O)cc(N6CCNCC6)oc45)c3)nc2n1C1CCCC1.CCC. The van der Waals surface area contributed by atoms with E-state index in [0.717, 1.165) is 74.1 Å². The monoisotopic (exact) mass is 608 g/mol. The van der Waals surface area contributed by atoms with Crippen LogP contribution in [0.1, 0.15) is 69.4 Å². The van der Waals surface area contributed by atoms with E-state index in [4.69, 9.17) is 9.40 Å². The molecule has 2 aromatic carbocycles. The Morgan fingerprint density at radius 1 is 1.09 bits per heavy atom. The predicted octanol–water partition coefficient (Wildman–Crippen LogP) is 6.80. The van der Waals surface area contributed by atoms with Crippen molar-refractivity contribution in [1.82, 2.24) is 19.9 Å². The van der Waals surface area contributed by atoms with Gasteiger partial charge in [0.2, 0.25) is 5.95 Å². The molecule has 10 heteroatoms. The lowest BCUT2D eigenvalue weighted by atomic mass is 10.0. The molecular weight excluding hydrogens is 568 g/mol. The maximum atomic E-state index is 13.1. The molecule has 0 radical (unpaired) electrons. The molecule has 0 atom stereocenters. The molecule has 0 spiro atoms. The van der Waals surface area contributed by atoms with Crippen LogP contribution in [0, 0.1) is 0 Å². The molecular formula is C35H40N6O4. The Kier molecular flexibility index (Phi) is 8.84. The van der Waals surface area contributed by atoms with E-state index in [0.29, 0.717) is 28.7 Å². The highest BCUT2D eigenvalue weighted by Gasteiger charge is 2.25. The molecule has 7 rings (SSSR count). The van der Waals surface area contributed by atoms with Crippen LogP contribution in [-0.4, -0.2) is 51.6 Å². The van der Waals surface area contributed by atoms with Gasteiger partial charge in [0.15, 0.2) is 22.7 Å². The zero-order valence-electron chi connectivity index (χ0n) is 26.1. The lowest BCUT2D eigenvalue weighted by molar-refractivity contribution is 0.100. The van der Waals surface area contributed by atoms with Gasteiger partial charge in [0.25, 0.3) is 0 Å². The highest BCUT2D eigenvalue weighted by molar-refractivity contribution is 5.98. The number of nitrogens with zero attached hydrogens (tertiary/aromatic N) is 4. The van der Waals surface area contributed by atoms with Crippen molar-refractivity contribution >= 4 is 45.3 Å². The van der Waals surface area contributed by atoms with Gasteiger partial charge >= 0.3 is 0 Å². The number of carbonyl (C=O) groups is 1. The highest BCUT2D eigenvalue weighted by Crippen LogP contribution is 2.37. The molecule has 1 aliphatic heterocycles. The first-order chi connectivity index (χ1) is 21.9. The average molecular weight is 609 g/mol. The summed E-state index contributed by atoms with van der Waals surface area (Å²) in [6.45, 7) is 8.91. The molecule has 3 N–H and O–H groups in total. The molecule has 45 heavy (non-hydrogen) atoms. The fraction of sp³-hybridized carbons (Fsp3) is 0.371. The van der Waals surface area contributed by atoms with E-state index in [-0.39, 0.29) is 28.4 Å². The molecule has 1 saturated carbocycles. The minimum atomic E-state index is -0.282. The minimum absolute atomic E-state index is 0.0231. The van der Waals surface area contributed by atoms with Crippen molar-refractivity contribution < 1.29 is 14.3 Å². The van der Waals surface area contributed by atoms with Gasteiger partial charge in [-0.2, -0.15) is 4.98 Å². The molecule has 1 saturated heterocycles. The maximum absolute atomic E-state index is 13.1. The summed E-state index contributed by atoms with van der Waals surface area (Å²) in [5, 5.41) is 18.2. The normalized spacial score (nSPS) is 15.3. The van der Waals surface area contributed by atoms with Crippen molar-refractivity contribution in [3.8, 4) is 16.9 Å². The number of aromatic nitrogens is 3. The lowest BCUT2D eigenvalue weighted by Crippen LogP contribution is -2.43. The summed E-state index contributed by atoms with van der Waals surface area (Å²) in [5.74, 6) is 0.831. The van der Waals surface area contributed by atoms with Crippen LogP contribution in [0.2, 0.25) is 0 Å². The average Bonchev–Trinajstić information content (AvgIpc) is 3.70. The number of phenolic OH excluding ortho intramolecular Hbond substituents is 1. The topological polar surface area (TPSA) is 126 Å². The van der Waals surface area contributed by atoms with E-state index >= 15 is 0 Å². The van der Waals surface area contributed by atoms with Crippen LogP contribution in [-0.2, 0) is 0 Å². The Bertz CT molecular complexity index is 1900. The summed E-state index contributed by atoms with van der Waals surface area (Å²) < 4.78 is 8.39. The lowest BCUT2D eigenvalue weighted by Gasteiger charge is -2.28. The summed E-state index contributed by atoms with van der Waals surface area (Å²) in [5.41, 5.74) is 3.74. The first-order valence-electron chi connectivity index (χ1n) is 15.9. The van der Waals surface area contributed by atoms with E-state index in [1.54, 1.807) is 19.2 Å². The van der Waals surface area contributed by atoms with Crippen LogP contribution < -0.4 is 21.0 Å². The number of benzene rings is 2. The predicted molar refractivity (Wildman–Crippen MR) is 179 cm³/mol. The summed E-state index contributed by atoms with van der Waals surface area (Å²) in [6, 6.07) is 14.6. The Hall–Kier alpha value is -4.70. The number of ketones is 1. The van der Waals surface area contributed by atoms with Crippen LogP contribution >= 0.6 is 0 Å². The number of Topliss-reactive ketones (excluding diaryl/α,β-unsaturated/α-hetero) is 1. The van der Waals surface area contributed by atoms with Gasteiger partial charge in [-0.15, -0.1) is 0 Å². The Labute approximate surface area is 262 Å². The molecule has 4 heterocycles. The van der Waals surface area contributed by atoms with Gasteiger partial charge in [0.1, 0.15) is 16.8 Å². The summed E-state index contributed by atoms with van der Waals surface area (Å²) in [6.07, 6.45) is 7.37. The van der Waals surface area contributed by atoms with Gasteiger partial charge in [-0.3, -0.25) is 9.59 Å². The Morgan fingerprint density at radius 3 is 2.58 bits per heavy atom. The number of piperazine rings is 1. The largest absolute Gasteiger partial charge is 0.507 e. The van der Waals surface area contributed by atoms with Crippen LogP contribution in [0.3, 0.4) is 0 Å². The molecule has 1 aliphatic carbocycles. The fourth-order valence-corrected chi connectivity index (χ4v) is 6.27. The number of hydrogen-bond acceptors (Lipinski definition) is 9. The second-order valence-corrected chi connectivity index (χ2v) is 11.8. The minimum Gasteiger partial charge on any atom is -0.507 e. The van der Waals surface area contributed by atoms with E-state index < -0.39 is 0 Å². The second-order valence-electron chi connectivity index (χ2n) is 11.8. The van der Waals surface area contributed by atoms with Crippen LogP contribution in [0.4, 0.5) is 17.5 Å². The number of hydrogen-bond donors (Lipinski definition) is 3. The van der Waals surface area contributed by atoms with Gasteiger partial charge in [0.05, 0.1) is 5.69 Å². The van der Waals surface area contributed by atoms with Crippen molar-refractivity contribution in [2.45, 2.75) is 58.9 Å². The zero-order valence-corrected chi connectivity index (χ0v) is 26.1. The molecule has 0 amide bonds. The quantitative estimate of drug-likeness (QED) is 0.179. The fourth-order valence-electron chi connectivity index (χ4n) is 6.27.